The van der Waals surface area contributed by atoms with E-state index in [1.165, 1.54) is 39.2 Å². The van der Waals surface area contributed by atoms with E-state index in [1.807, 2.05) is 6.07 Å². The molecule has 26 heavy (non-hydrogen) atoms. The third-order valence-corrected chi connectivity index (χ3v) is 4.73. The molecular weight excluding hydrogens is 334 g/mol. The predicted octanol–water partition coefficient (Wildman–Crippen LogP) is 3.27. The van der Waals surface area contributed by atoms with Crippen molar-refractivity contribution in [1.82, 2.24) is 5.32 Å². The van der Waals surface area contributed by atoms with Crippen LogP contribution in [0, 0.1) is 5.92 Å². The topological polar surface area (TPSA) is 66.0 Å². The molecule has 0 aliphatic heterocycles. The van der Waals surface area contributed by atoms with Crippen molar-refractivity contribution in [1.29, 1.82) is 0 Å². The maximum Gasteiger partial charge on any atom is 0.253 e. The van der Waals surface area contributed by atoms with E-state index in [0.717, 1.165) is 11.1 Å². The summed E-state index contributed by atoms with van der Waals surface area (Å²) in [6, 6.07) is 3.62. The van der Waals surface area contributed by atoms with Crippen molar-refractivity contribution in [3.05, 3.63) is 28.8 Å². The molecule has 146 valence electrons. The number of hydrogen-bond acceptors (Lipinski definition) is 5. The lowest BCUT2D eigenvalue weighted by Gasteiger charge is -2.23. The Bertz CT molecular complexity index is 570. The zero-order valence-corrected chi connectivity index (χ0v) is 16.1. The molecule has 1 fully saturated rings. The van der Waals surface area contributed by atoms with Crippen LogP contribution in [0.2, 0.25) is 0 Å². The van der Waals surface area contributed by atoms with Gasteiger partial charge in [0.15, 0.2) is 0 Å². The van der Waals surface area contributed by atoms with Gasteiger partial charge in [-0.15, -0.1) is 0 Å². The van der Waals surface area contributed by atoms with Gasteiger partial charge in [-0.1, -0.05) is 19.3 Å². The SMILES string of the molecule is COCNC(=O)c1cc(COC)c(COC)c(OCC2CCCCC2)c1. The van der Waals surface area contributed by atoms with Gasteiger partial charge in [0.2, 0.25) is 0 Å². The molecule has 0 unspecified atom stereocenters. The molecule has 2 rings (SSSR count). The molecule has 1 saturated carbocycles. The van der Waals surface area contributed by atoms with Crippen LogP contribution in [0.1, 0.15) is 53.6 Å². The number of amides is 1. The van der Waals surface area contributed by atoms with Crippen molar-refractivity contribution in [3.63, 3.8) is 0 Å². The molecule has 6 heteroatoms. The molecule has 1 aliphatic carbocycles. The van der Waals surface area contributed by atoms with Crippen LogP contribution in [0.15, 0.2) is 12.1 Å². The molecule has 0 radical (unpaired) electrons. The smallest absolute Gasteiger partial charge is 0.253 e. The highest BCUT2D eigenvalue weighted by molar-refractivity contribution is 5.95. The largest absolute Gasteiger partial charge is 0.493 e. The van der Waals surface area contributed by atoms with Crippen molar-refractivity contribution in [2.45, 2.75) is 45.3 Å². The van der Waals surface area contributed by atoms with Crippen LogP contribution in [0.4, 0.5) is 0 Å². The monoisotopic (exact) mass is 365 g/mol. The minimum atomic E-state index is -0.198. The first kappa shape index (κ1) is 20.7. The lowest BCUT2D eigenvalue weighted by atomic mass is 9.90. The van der Waals surface area contributed by atoms with E-state index < -0.39 is 0 Å². The number of carbonyl (C=O) groups is 1. The van der Waals surface area contributed by atoms with E-state index in [0.29, 0.717) is 37.1 Å². The standard InChI is InChI=1S/C20H31NO5/c1-23-12-17-9-16(20(22)21-14-25-3)10-19(18(17)13-24-2)26-11-15-7-5-4-6-8-15/h9-10,15H,4-8,11-14H2,1-3H3,(H,21,22). The van der Waals surface area contributed by atoms with Crippen LogP contribution in [-0.4, -0.2) is 40.6 Å². The van der Waals surface area contributed by atoms with Crippen molar-refractivity contribution < 1.29 is 23.7 Å². The maximum atomic E-state index is 12.4. The van der Waals surface area contributed by atoms with Gasteiger partial charge in [0.05, 0.1) is 19.8 Å². The van der Waals surface area contributed by atoms with Gasteiger partial charge < -0.3 is 24.3 Å². The van der Waals surface area contributed by atoms with Gasteiger partial charge >= 0.3 is 0 Å². The summed E-state index contributed by atoms with van der Waals surface area (Å²) >= 11 is 0. The van der Waals surface area contributed by atoms with E-state index in [2.05, 4.69) is 5.32 Å². The van der Waals surface area contributed by atoms with Crippen molar-refractivity contribution in [3.8, 4) is 5.75 Å². The van der Waals surface area contributed by atoms with Crippen molar-refractivity contribution in [2.75, 3.05) is 34.7 Å². The molecular formula is C20H31NO5. The van der Waals surface area contributed by atoms with Crippen molar-refractivity contribution >= 4 is 5.91 Å². The Morgan fingerprint density at radius 2 is 1.77 bits per heavy atom. The van der Waals surface area contributed by atoms with Gasteiger partial charge in [-0.3, -0.25) is 4.79 Å². The summed E-state index contributed by atoms with van der Waals surface area (Å²) in [7, 11) is 4.83. The zero-order chi connectivity index (χ0) is 18.8. The number of methoxy groups -OCH3 is 3. The highest BCUT2D eigenvalue weighted by Gasteiger charge is 2.19. The van der Waals surface area contributed by atoms with Gasteiger partial charge in [-0.25, -0.2) is 0 Å². The number of hydrogen-bond donors (Lipinski definition) is 1. The van der Waals surface area contributed by atoms with E-state index in [1.54, 1.807) is 20.3 Å². The maximum absolute atomic E-state index is 12.4. The summed E-state index contributed by atoms with van der Waals surface area (Å²) in [5.74, 6) is 1.08. The number of rotatable bonds is 10. The third-order valence-electron chi connectivity index (χ3n) is 4.73. The molecule has 0 saturated heterocycles. The summed E-state index contributed by atoms with van der Waals surface area (Å²) in [6.45, 7) is 1.64. The molecule has 1 aromatic rings. The second-order valence-electron chi connectivity index (χ2n) is 6.73. The van der Waals surface area contributed by atoms with E-state index in [-0.39, 0.29) is 12.6 Å². The Kier molecular flexibility index (Phi) is 8.88. The predicted molar refractivity (Wildman–Crippen MR) is 99.3 cm³/mol. The fourth-order valence-corrected chi connectivity index (χ4v) is 3.36. The highest BCUT2D eigenvalue weighted by Crippen LogP contribution is 2.29. The molecule has 0 bridgehead atoms. The van der Waals surface area contributed by atoms with Crippen LogP contribution in [0.3, 0.4) is 0 Å². The van der Waals surface area contributed by atoms with Gasteiger partial charge in [0.25, 0.3) is 5.91 Å². The normalized spacial score (nSPS) is 15.0. The van der Waals surface area contributed by atoms with Crippen molar-refractivity contribution in [2.24, 2.45) is 5.92 Å². The molecule has 0 heterocycles. The van der Waals surface area contributed by atoms with Crippen LogP contribution in [0.5, 0.6) is 5.75 Å². The van der Waals surface area contributed by atoms with Gasteiger partial charge in [-0.05, 0) is 36.5 Å². The first-order chi connectivity index (χ1) is 12.7. The number of benzene rings is 1. The number of nitrogens with one attached hydrogen (secondary N) is 1. The first-order valence-corrected chi connectivity index (χ1v) is 9.23. The molecule has 1 amide bonds. The first-order valence-electron chi connectivity index (χ1n) is 9.23. The summed E-state index contributed by atoms with van der Waals surface area (Å²) < 4.78 is 21.8. The molecule has 1 aromatic carbocycles. The quantitative estimate of drug-likeness (QED) is 0.645. The second kappa shape index (κ2) is 11.2. The van der Waals surface area contributed by atoms with Gasteiger partial charge in [-0.2, -0.15) is 0 Å². The van der Waals surface area contributed by atoms with Crippen LogP contribution in [0.25, 0.3) is 0 Å². The Morgan fingerprint density at radius 1 is 1.04 bits per heavy atom. The molecule has 0 atom stereocenters. The third kappa shape index (κ3) is 5.97. The average Bonchev–Trinajstić information content (AvgIpc) is 2.67. The highest BCUT2D eigenvalue weighted by atomic mass is 16.5. The van der Waals surface area contributed by atoms with Crippen LogP contribution in [-0.2, 0) is 27.4 Å². The number of carbonyl (C=O) groups excluding carboxylic acids is 1. The van der Waals surface area contributed by atoms with E-state index in [9.17, 15) is 4.79 Å². The number of ether oxygens (including phenoxy) is 4. The molecule has 6 nitrogen and oxygen atoms in total. The molecule has 0 aromatic heterocycles. The Morgan fingerprint density at radius 3 is 2.42 bits per heavy atom. The second-order valence-corrected chi connectivity index (χ2v) is 6.73. The molecule has 0 spiro atoms. The Balaban J connectivity index is 2.24. The lowest BCUT2D eigenvalue weighted by molar-refractivity contribution is 0.0871. The fourth-order valence-electron chi connectivity index (χ4n) is 3.36. The zero-order valence-electron chi connectivity index (χ0n) is 16.1. The molecule has 1 N–H and O–H groups in total. The fraction of sp³-hybridized carbons (Fsp3) is 0.650. The van der Waals surface area contributed by atoms with Gasteiger partial charge in [0, 0.05) is 32.5 Å². The Hall–Kier alpha value is -1.63. The van der Waals surface area contributed by atoms with E-state index in [4.69, 9.17) is 18.9 Å². The summed E-state index contributed by atoms with van der Waals surface area (Å²) in [5.41, 5.74) is 2.37. The summed E-state index contributed by atoms with van der Waals surface area (Å²) in [4.78, 5) is 12.4. The van der Waals surface area contributed by atoms with E-state index >= 15 is 0 Å². The minimum Gasteiger partial charge on any atom is -0.493 e. The summed E-state index contributed by atoms with van der Waals surface area (Å²) in [6.07, 6.45) is 6.27. The van der Waals surface area contributed by atoms with Crippen LogP contribution < -0.4 is 10.1 Å². The average molecular weight is 365 g/mol. The minimum absolute atomic E-state index is 0.163. The van der Waals surface area contributed by atoms with Gasteiger partial charge in [0.1, 0.15) is 12.5 Å². The van der Waals surface area contributed by atoms with Crippen LogP contribution >= 0.6 is 0 Å². The lowest BCUT2D eigenvalue weighted by Crippen LogP contribution is -2.26. The summed E-state index contributed by atoms with van der Waals surface area (Å²) in [5, 5.41) is 2.71. The Labute approximate surface area is 156 Å². The molecule has 1 aliphatic rings.